The van der Waals surface area contributed by atoms with E-state index in [2.05, 4.69) is 35.0 Å². The summed E-state index contributed by atoms with van der Waals surface area (Å²) in [5, 5.41) is 0. The van der Waals surface area contributed by atoms with E-state index in [-0.39, 0.29) is 5.41 Å². The summed E-state index contributed by atoms with van der Waals surface area (Å²) in [4.78, 5) is 14.1. The number of methoxy groups -OCH3 is 1. The molecule has 2 aliphatic rings. The molecular weight excluding hydrogens is 340 g/mol. The smallest absolute Gasteiger partial charge is 0.225 e. The molecule has 1 fully saturated rings. The second-order valence-corrected chi connectivity index (χ2v) is 7.92. The Morgan fingerprint density at radius 3 is 2.93 bits per heavy atom. The molecule has 1 spiro atoms. The van der Waals surface area contributed by atoms with Gasteiger partial charge in [0.2, 0.25) is 5.95 Å². The molecule has 0 aliphatic carbocycles. The van der Waals surface area contributed by atoms with E-state index in [4.69, 9.17) is 14.5 Å². The normalized spacial score (nSPS) is 22.1. The van der Waals surface area contributed by atoms with Crippen molar-refractivity contribution in [3.8, 4) is 5.75 Å². The molecule has 0 amide bonds. The number of nitrogens with zero attached hydrogens (tertiary/aromatic N) is 4. The minimum atomic E-state index is -0.0368. The number of hydrogen-bond acceptors (Lipinski definition) is 6. The minimum Gasteiger partial charge on any atom is -0.497 e. The maximum atomic E-state index is 6.01. The molecule has 144 valence electrons. The lowest BCUT2D eigenvalue weighted by molar-refractivity contribution is 0.0498. The molecule has 4 rings (SSSR count). The van der Waals surface area contributed by atoms with Crippen LogP contribution < -0.4 is 9.64 Å². The van der Waals surface area contributed by atoms with Crippen molar-refractivity contribution in [3.05, 3.63) is 46.8 Å². The zero-order chi connectivity index (χ0) is 19.0. The highest BCUT2D eigenvalue weighted by Crippen LogP contribution is 2.40. The number of aryl methyl sites for hydroxylation is 1. The molecule has 1 saturated heterocycles. The third-order valence-electron chi connectivity index (χ3n) is 5.70. The highest BCUT2D eigenvalue weighted by Gasteiger charge is 2.45. The molecule has 6 nitrogen and oxygen atoms in total. The summed E-state index contributed by atoms with van der Waals surface area (Å²) in [6.45, 7) is 6.34. The number of ether oxygens (including phenoxy) is 2. The monoisotopic (exact) mass is 368 g/mol. The lowest BCUT2D eigenvalue weighted by atomic mass is 9.80. The fourth-order valence-corrected chi connectivity index (χ4v) is 4.24. The molecule has 3 heterocycles. The average molecular weight is 368 g/mol. The van der Waals surface area contributed by atoms with Gasteiger partial charge in [0.15, 0.2) is 0 Å². The second kappa shape index (κ2) is 7.09. The summed E-state index contributed by atoms with van der Waals surface area (Å²) < 4.78 is 11.4. The first-order valence-electron chi connectivity index (χ1n) is 9.49. The van der Waals surface area contributed by atoms with E-state index in [1.807, 2.05) is 25.1 Å². The van der Waals surface area contributed by atoms with Gasteiger partial charge in [-0.25, -0.2) is 9.97 Å². The molecule has 0 bridgehead atoms. The number of likely N-dealkylation sites (tertiary alicyclic amines) is 1. The number of benzene rings is 1. The van der Waals surface area contributed by atoms with Crippen LogP contribution in [0.15, 0.2) is 24.3 Å². The summed E-state index contributed by atoms with van der Waals surface area (Å²) in [6, 6.07) is 8.32. The lowest BCUT2D eigenvalue weighted by Crippen LogP contribution is -2.41. The lowest BCUT2D eigenvalue weighted by Gasteiger charge is -2.35. The van der Waals surface area contributed by atoms with E-state index in [9.17, 15) is 0 Å². The van der Waals surface area contributed by atoms with Gasteiger partial charge in [-0.1, -0.05) is 12.1 Å². The highest BCUT2D eigenvalue weighted by atomic mass is 16.5. The van der Waals surface area contributed by atoms with Gasteiger partial charge in [-0.3, -0.25) is 4.90 Å². The fourth-order valence-electron chi connectivity index (χ4n) is 4.24. The van der Waals surface area contributed by atoms with Gasteiger partial charge >= 0.3 is 0 Å². The molecule has 1 aromatic carbocycles. The zero-order valence-corrected chi connectivity index (χ0v) is 16.7. The molecule has 1 aromatic heterocycles. The number of hydrogen-bond donors (Lipinski definition) is 0. The van der Waals surface area contributed by atoms with E-state index >= 15 is 0 Å². The van der Waals surface area contributed by atoms with Crippen LogP contribution in [-0.4, -0.2) is 55.8 Å². The SMILES string of the molecule is COc1cccc(CN2CCC3(COCc4c(C)nc(N(C)C)nc43)C2)c1. The van der Waals surface area contributed by atoms with E-state index in [1.165, 1.54) is 16.8 Å². The van der Waals surface area contributed by atoms with Crippen LogP contribution in [0, 0.1) is 6.92 Å². The molecule has 1 atom stereocenters. The van der Waals surface area contributed by atoms with Gasteiger partial charge in [-0.05, 0) is 37.6 Å². The van der Waals surface area contributed by atoms with Crippen LogP contribution in [0.25, 0.3) is 0 Å². The van der Waals surface area contributed by atoms with Crippen molar-refractivity contribution in [1.82, 2.24) is 14.9 Å². The van der Waals surface area contributed by atoms with Gasteiger partial charge in [0.05, 0.1) is 31.4 Å². The standard InChI is InChI=1S/C21H28N4O2/c1-15-18-12-27-14-21(19(18)23-20(22-15)24(2)3)8-9-25(13-21)11-16-6-5-7-17(10-16)26-4/h5-7,10H,8-9,11-14H2,1-4H3. The van der Waals surface area contributed by atoms with Crippen LogP contribution in [0.3, 0.4) is 0 Å². The Kier molecular flexibility index (Phi) is 4.78. The Balaban J connectivity index is 1.60. The molecule has 0 N–H and O–H groups in total. The van der Waals surface area contributed by atoms with Crippen molar-refractivity contribution >= 4 is 5.95 Å². The van der Waals surface area contributed by atoms with Crippen LogP contribution in [-0.2, 0) is 23.3 Å². The first-order chi connectivity index (χ1) is 13.0. The van der Waals surface area contributed by atoms with Crippen LogP contribution in [0.2, 0.25) is 0 Å². The summed E-state index contributed by atoms with van der Waals surface area (Å²) in [6.07, 6.45) is 1.06. The van der Waals surface area contributed by atoms with Crippen molar-refractivity contribution in [2.75, 3.05) is 45.8 Å². The fraction of sp³-hybridized carbons (Fsp3) is 0.524. The molecule has 2 aliphatic heterocycles. The first kappa shape index (κ1) is 18.2. The van der Waals surface area contributed by atoms with Crippen LogP contribution in [0.4, 0.5) is 5.95 Å². The minimum absolute atomic E-state index is 0.0368. The van der Waals surface area contributed by atoms with E-state index in [0.29, 0.717) is 6.61 Å². The molecule has 0 radical (unpaired) electrons. The van der Waals surface area contributed by atoms with Gasteiger partial charge in [0.25, 0.3) is 0 Å². The third kappa shape index (κ3) is 3.39. The average Bonchev–Trinajstić information content (AvgIpc) is 3.05. The topological polar surface area (TPSA) is 50.7 Å². The van der Waals surface area contributed by atoms with Gasteiger partial charge in [-0.15, -0.1) is 0 Å². The number of anilines is 1. The largest absolute Gasteiger partial charge is 0.497 e. The number of rotatable bonds is 4. The van der Waals surface area contributed by atoms with Crippen molar-refractivity contribution in [3.63, 3.8) is 0 Å². The van der Waals surface area contributed by atoms with Gasteiger partial charge in [0.1, 0.15) is 5.75 Å². The summed E-state index contributed by atoms with van der Waals surface area (Å²) in [7, 11) is 5.71. The van der Waals surface area contributed by atoms with Gasteiger partial charge in [-0.2, -0.15) is 0 Å². The molecule has 0 saturated carbocycles. The van der Waals surface area contributed by atoms with Gasteiger partial charge < -0.3 is 14.4 Å². The number of fused-ring (bicyclic) bond motifs is 2. The summed E-state index contributed by atoms with van der Waals surface area (Å²) in [5.41, 5.74) is 4.64. The molecule has 2 aromatic rings. The van der Waals surface area contributed by atoms with Crippen LogP contribution in [0.1, 0.15) is 28.9 Å². The second-order valence-electron chi connectivity index (χ2n) is 7.92. The number of aromatic nitrogens is 2. The molecule has 27 heavy (non-hydrogen) atoms. The maximum Gasteiger partial charge on any atom is 0.225 e. The Labute approximate surface area is 161 Å². The van der Waals surface area contributed by atoms with Crippen molar-refractivity contribution in [2.45, 2.75) is 31.9 Å². The van der Waals surface area contributed by atoms with E-state index in [1.54, 1.807) is 7.11 Å². The predicted octanol–water partition coefficient (Wildman–Crippen LogP) is 2.53. The summed E-state index contributed by atoms with van der Waals surface area (Å²) >= 11 is 0. The van der Waals surface area contributed by atoms with Crippen molar-refractivity contribution in [2.24, 2.45) is 0 Å². The van der Waals surface area contributed by atoms with Crippen LogP contribution in [0.5, 0.6) is 5.75 Å². The van der Waals surface area contributed by atoms with Crippen LogP contribution >= 0.6 is 0 Å². The Bertz CT molecular complexity index is 839. The molecular formula is C21H28N4O2. The predicted molar refractivity (Wildman–Crippen MR) is 105 cm³/mol. The van der Waals surface area contributed by atoms with Crippen molar-refractivity contribution < 1.29 is 9.47 Å². The third-order valence-corrected chi connectivity index (χ3v) is 5.70. The Morgan fingerprint density at radius 2 is 2.15 bits per heavy atom. The first-order valence-corrected chi connectivity index (χ1v) is 9.49. The highest BCUT2D eigenvalue weighted by molar-refractivity contribution is 5.41. The summed E-state index contributed by atoms with van der Waals surface area (Å²) in [5.74, 6) is 1.70. The molecule has 6 heteroatoms. The molecule has 1 unspecified atom stereocenters. The van der Waals surface area contributed by atoms with Crippen molar-refractivity contribution in [1.29, 1.82) is 0 Å². The Hall–Kier alpha value is -2.18. The maximum absolute atomic E-state index is 6.01. The van der Waals surface area contributed by atoms with E-state index in [0.717, 1.165) is 50.1 Å². The quantitative estimate of drug-likeness (QED) is 0.827. The zero-order valence-electron chi connectivity index (χ0n) is 16.7. The van der Waals surface area contributed by atoms with E-state index < -0.39 is 0 Å². The Morgan fingerprint density at radius 1 is 1.30 bits per heavy atom. The van der Waals surface area contributed by atoms with Gasteiger partial charge in [0, 0.05) is 38.4 Å².